The van der Waals surface area contributed by atoms with Gasteiger partial charge in [0.05, 0.1) is 13.3 Å². The predicted octanol–water partition coefficient (Wildman–Crippen LogP) is 2.87. The molecule has 0 saturated carbocycles. The molecule has 1 heterocycles. The van der Waals surface area contributed by atoms with E-state index in [2.05, 4.69) is 5.10 Å². The number of ether oxygens (including phenoxy) is 1. The first-order chi connectivity index (χ1) is 9.37. The lowest BCUT2D eigenvalue weighted by Crippen LogP contribution is -2.28. The van der Waals surface area contributed by atoms with Crippen LogP contribution >= 0.6 is 0 Å². The summed E-state index contributed by atoms with van der Waals surface area (Å²) in [7, 11) is 1.53. The van der Waals surface area contributed by atoms with E-state index in [-0.39, 0.29) is 11.9 Å². The summed E-state index contributed by atoms with van der Waals surface area (Å²) in [5.41, 5.74) is -0.180. The molecule has 1 aromatic heterocycles. The number of methoxy groups -OCH3 is 1. The number of hydrogen-bond acceptors (Lipinski definition) is 3. The third-order valence-electron chi connectivity index (χ3n) is 3.34. The zero-order valence-corrected chi connectivity index (χ0v) is 12.1. The van der Waals surface area contributed by atoms with Crippen molar-refractivity contribution >= 4 is 0 Å². The van der Waals surface area contributed by atoms with E-state index < -0.39 is 5.60 Å². The van der Waals surface area contributed by atoms with E-state index in [1.165, 1.54) is 19.2 Å². The molecule has 108 valence electrons. The molecule has 1 N–H and O–H groups in total. The van der Waals surface area contributed by atoms with Crippen LogP contribution in [0.4, 0.5) is 4.39 Å². The zero-order valence-electron chi connectivity index (χ0n) is 12.1. The first-order valence-electron chi connectivity index (χ1n) is 6.48. The Morgan fingerprint density at radius 3 is 2.40 bits per heavy atom. The maximum absolute atomic E-state index is 13.0. The SMILES string of the molecule is COc1cnn(C(C)C)c1C(C)(O)c1ccc(F)cc1. The van der Waals surface area contributed by atoms with Crippen LogP contribution in [0.5, 0.6) is 5.75 Å². The summed E-state index contributed by atoms with van der Waals surface area (Å²) < 4.78 is 20.0. The fourth-order valence-corrected chi connectivity index (χ4v) is 2.26. The summed E-state index contributed by atoms with van der Waals surface area (Å²) in [6.45, 7) is 5.59. The maximum atomic E-state index is 13.0. The van der Waals surface area contributed by atoms with Crippen molar-refractivity contribution in [2.24, 2.45) is 0 Å². The standard InChI is InChI=1S/C15H19FN2O2/c1-10(2)18-14(13(20-4)9-17-18)15(3,19)11-5-7-12(16)8-6-11/h5-10,19H,1-4H3. The largest absolute Gasteiger partial charge is 0.493 e. The van der Waals surface area contributed by atoms with Crippen LogP contribution in [0.2, 0.25) is 0 Å². The highest BCUT2D eigenvalue weighted by Gasteiger charge is 2.34. The predicted molar refractivity (Wildman–Crippen MR) is 74.2 cm³/mol. The van der Waals surface area contributed by atoms with E-state index in [0.29, 0.717) is 17.0 Å². The smallest absolute Gasteiger partial charge is 0.163 e. The molecule has 1 atom stereocenters. The summed E-state index contributed by atoms with van der Waals surface area (Å²) in [5, 5.41) is 15.2. The van der Waals surface area contributed by atoms with Gasteiger partial charge in [-0.25, -0.2) is 4.39 Å². The van der Waals surface area contributed by atoms with Crippen molar-refractivity contribution in [3.05, 3.63) is 47.5 Å². The highest BCUT2D eigenvalue weighted by molar-refractivity contribution is 5.39. The average molecular weight is 278 g/mol. The van der Waals surface area contributed by atoms with Gasteiger partial charge in [-0.2, -0.15) is 5.10 Å². The van der Waals surface area contributed by atoms with Crippen LogP contribution in [0.15, 0.2) is 30.5 Å². The number of hydrogen-bond donors (Lipinski definition) is 1. The van der Waals surface area contributed by atoms with Gasteiger partial charge in [0.15, 0.2) is 5.75 Å². The van der Waals surface area contributed by atoms with Gasteiger partial charge in [0.2, 0.25) is 0 Å². The Morgan fingerprint density at radius 1 is 1.30 bits per heavy atom. The summed E-state index contributed by atoms with van der Waals surface area (Å²) >= 11 is 0. The second-order valence-corrected chi connectivity index (χ2v) is 5.18. The molecule has 0 spiro atoms. The molecule has 0 amide bonds. The molecular formula is C15H19FN2O2. The van der Waals surface area contributed by atoms with Gasteiger partial charge in [-0.3, -0.25) is 4.68 Å². The summed E-state index contributed by atoms with van der Waals surface area (Å²) in [6, 6.07) is 5.85. The molecule has 0 aliphatic rings. The van der Waals surface area contributed by atoms with E-state index in [1.54, 1.807) is 29.9 Å². The van der Waals surface area contributed by atoms with Crippen molar-refractivity contribution < 1.29 is 14.2 Å². The molecule has 1 aromatic carbocycles. The minimum absolute atomic E-state index is 0.0702. The highest BCUT2D eigenvalue weighted by atomic mass is 19.1. The first kappa shape index (κ1) is 14.5. The topological polar surface area (TPSA) is 47.3 Å². The summed E-state index contributed by atoms with van der Waals surface area (Å²) in [5.74, 6) is 0.168. The molecule has 0 bridgehead atoms. The minimum Gasteiger partial charge on any atom is -0.493 e. The molecule has 0 radical (unpaired) electrons. The fraction of sp³-hybridized carbons (Fsp3) is 0.400. The quantitative estimate of drug-likeness (QED) is 0.935. The van der Waals surface area contributed by atoms with Crippen molar-refractivity contribution in [2.75, 3.05) is 7.11 Å². The Labute approximate surface area is 117 Å². The number of aromatic nitrogens is 2. The molecule has 2 rings (SSSR count). The van der Waals surface area contributed by atoms with Gasteiger partial charge in [-0.15, -0.1) is 0 Å². The van der Waals surface area contributed by atoms with Gasteiger partial charge in [0, 0.05) is 6.04 Å². The van der Waals surface area contributed by atoms with Crippen LogP contribution in [0.1, 0.15) is 38.1 Å². The fourth-order valence-electron chi connectivity index (χ4n) is 2.26. The van der Waals surface area contributed by atoms with Crippen LogP contribution in [-0.4, -0.2) is 22.0 Å². The second-order valence-electron chi connectivity index (χ2n) is 5.18. The highest BCUT2D eigenvalue weighted by Crippen LogP contribution is 2.36. The van der Waals surface area contributed by atoms with E-state index in [9.17, 15) is 9.50 Å². The van der Waals surface area contributed by atoms with Crippen LogP contribution in [0, 0.1) is 5.82 Å². The Hall–Kier alpha value is -1.88. The van der Waals surface area contributed by atoms with Crippen LogP contribution in [0.25, 0.3) is 0 Å². The Morgan fingerprint density at radius 2 is 1.90 bits per heavy atom. The Balaban J connectivity index is 2.58. The van der Waals surface area contributed by atoms with E-state index >= 15 is 0 Å². The molecule has 0 saturated heterocycles. The van der Waals surface area contributed by atoms with Crippen LogP contribution in [-0.2, 0) is 5.60 Å². The van der Waals surface area contributed by atoms with Crippen molar-refractivity contribution in [3.63, 3.8) is 0 Å². The lowest BCUT2D eigenvalue weighted by atomic mass is 9.91. The van der Waals surface area contributed by atoms with Gasteiger partial charge in [0.1, 0.15) is 17.1 Å². The molecular weight excluding hydrogens is 259 g/mol. The lowest BCUT2D eigenvalue weighted by molar-refractivity contribution is 0.0867. The zero-order chi connectivity index (χ0) is 14.9. The van der Waals surface area contributed by atoms with Crippen LogP contribution < -0.4 is 4.74 Å². The molecule has 5 heteroatoms. The first-order valence-corrected chi connectivity index (χ1v) is 6.48. The number of benzene rings is 1. The lowest BCUT2D eigenvalue weighted by Gasteiger charge is -2.27. The maximum Gasteiger partial charge on any atom is 0.163 e. The molecule has 4 nitrogen and oxygen atoms in total. The Bertz CT molecular complexity index is 588. The third kappa shape index (κ3) is 2.41. The van der Waals surface area contributed by atoms with E-state index in [4.69, 9.17) is 4.74 Å². The number of rotatable bonds is 4. The van der Waals surface area contributed by atoms with Gasteiger partial charge in [-0.1, -0.05) is 12.1 Å². The number of halogens is 1. The summed E-state index contributed by atoms with van der Waals surface area (Å²) in [6.07, 6.45) is 1.58. The van der Waals surface area contributed by atoms with Crippen molar-refractivity contribution in [1.29, 1.82) is 0 Å². The van der Waals surface area contributed by atoms with Gasteiger partial charge in [0.25, 0.3) is 0 Å². The number of aliphatic hydroxyl groups is 1. The molecule has 1 unspecified atom stereocenters. The van der Waals surface area contributed by atoms with Gasteiger partial charge in [-0.05, 0) is 38.5 Å². The number of nitrogens with zero attached hydrogens (tertiary/aromatic N) is 2. The average Bonchev–Trinajstić information content (AvgIpc) is 2.84. The monoisotopic (exact) mass is 278 g/mol. The van der Waals surface area contributed by atoms with Crippen LogP contribution in [0.3, 0.4) is 0 Å². The van der Waals surface area contributed by atoms with Gasteiger partial charge >= 0.3 is 0 Å². The van der Waals surface area contributed by atoms with Gasteiger partial charge < -0.3 is 9.84 Å². The molecule has 0 fully saturated rings. The second kappa shape index (κ2) is 5.25. The molecule has 0 aliphatic carbocycles. The van der Waals surface area contributed by atoms with Crippen molar-refractivity contribution in [1.82, 2.24) is 9.78 Å². The third-order valence-corrected chi connectivity index (χ3v) is 3.34. The summed E-state index contributed by atoms with van der Waals surface area (Å²) in [4.78, 5) is 0. The van der Waals surface area contributed by atoms with E-state index in [1.807, 2.05) is 13.8 Å². The normalized spacial score (nSPS) is 14.3. The van der Waals surface area contributed by atoms with Crippen molar-refractivity contribution in [2.45, 2.75) is 32.4 Å². The molecule has 2 aromatic rings. The minimum atomic E-state index is -1.32. The molecule has 20 heavy (non-hydrogen) atoms. The van der Waals surface area contributed by atoms with E-state index in [0.717, 1.165) is 0 Å². The van der Waals surface area contributed by atoms with Crippen molar-refractivity contribution in [3.8, 4) is 5.75 Å². The molecule has 0 aliphatic heterocycles. The Kier molecular flexibility index (Phi) is 3.81.